The molecule has 1 aromatic carbocycles. The fourth-order valence-electron chi connectivity index (χ4n) is 3.01. The van der Waals surface area contributed by atoms with Crippen LogP contribution in [-0.2, 0) is 12.8 Å². The quantitative estimate of drug-likeness (QED) is 0.700. The molecule has 2 aromatic rings. The van der Waals surface area contributed by atoms with E-state index in [-0.39, 0.29) is 5.78 Å². The monoisotopic (exact) mass is 233 g/mol. The number of nitrogens with zero attached hydrogens (tertiary/aromatic N) is 1. The lowest BCUT2D eigenvalue weighted by Gasteiger charge is -2.16. The van der Waals surface area contributed by atoms with Crippen molar-refractivity contribution in [3.8, 4) is 0 Å². The first kappa shape index (κ1) is 9.77. The van der Waals surface area contributed by atoms with E-state index in [1.165, 1.54) is 11.1 Å². The van der Waals surface area contributed by atoms with Crippen molar-refractivity contribution in [3.05, 3.63) is 70.6 Å². The summed E-state index contributed by atoms with van der Waals surface area (Å²) in [6.45, 7) is 0. The smallest absolute Gasteiger partial charge is 0.194 e. The summed E-state index contributed by atoms with van der Waals surface area (Å²) in [6.07, 6.45) is 5.29. The highest BCUT2D eigenvalue weighted by molar-refractivity contribution is 6.32. The van der Waals surface area contributed by atoms with Gasteiger partial charge in [-0.15, -0.1) is 0 Å². The van der Waals surface area contributed by atoms with Crippen LogP contribution in [0.1, 0.15) is 27.0 Å². The number of hydrogen-bond acceptors (Lipinski definition) is 2. The van der Waals surface area contributed by atoms with Crippen molar-refractivity contribution < 1.29 is 4.79 Å². The Morgan fingerprint density at radius 2 is 1.78 bits per heavy atom. The minimum Gasteiger partial charge on any atom is -0.289 e. The second-order valence-electron chi connectivity index (χ2n) is 4.85. The van der Waals surface area contributed by atoms with Gasteiger partial charge in [-0.2, -0.15) is 0 Å². The molecule has 0 N–H and O–H groups in total. The third-order valence-electron chi connectivity index (χ3n) is 3.82. The largest absolute Gasteiger partial charge is 0.289 e. The molecular weight excluding hydrogens is 222 g/mol. The zero-order chi connectivity index (χ0) is 12.1. The molecule has 0 radical (unpaired) electrons. The van der Waals surface area contributed by atoms with Crippen LogP contribution in [-0.4, -0.2) is 10.8 Å². The van der Waals surface area contributed by atoms with E-state index in [1.807, 2.05) is 24.4 Å². The SMILES string of the molecule is O=C1C2=C(Cc3cnccc31)Cc1ccccc12. The lowest BCUT2D eigenvalue weighted by Crippen LogP contribution is -2.13. The maximum Gasteiger partial charge on any atom is 0.194 e. The molecule has 4 rings (SSSR count). The number of allylic oxidation sites excluding steroid dienone is 2. The van der Waals surface area contributed by atoms with E-state index < -0.39 is 0 Å². The summed E-state index contributed by atoms with van der Waals surface area (Å²) in [7, 11) is 0. The molecule has 0 unspecified atom stereocenters. The molecule has 0 atom stereocenters. The topological polar surface area (TPSA) is 30.0 Å². The summed E-state index contributed by atoms with van der Waals surface area (Å²) in [4.78, 5) is 16.7. The molecule has 0 saturated carbocycles. The second kappa shape index (κ2) is 3.39. The molecule has 0 saturated heterocycles. The van der Waals surface area contributed by atoms with Gasteiger partial charge in [-0.05, 0) is 41.2 Å². The van der Waals surface area contributed by atoms with Crippen LogP contribution in [0, 0.1) is 0 Å². The van der Waals surface area contributed by atoms with Crippen molar-refractivity contribution in [1.82, 2.24) is 4.98 Å². The lowest BCUT2D eigenvalue weighted by atomic mass is 9.86. The van der Waals surface area contributed by atoms with E-state index in [9.17, 15) is 4.79 Å². The zero-order valence-corrected chi connectivity index (χ0v) is 9.81. The Balaban J connectivity index is 1.93. The molecule has 1 heterocycles. The van der Waals surface area contributed by atoms with Gasteiger partial charge in [0.1, 0.15) is 0 Å². The van der Waals surface area contributed by atoms with E-state index in [2.05, 4.69) is 17.1 Å². The molecule has 18 heavy (non-hydrogen) atoms. The highest BCUT2D eigenvalue weighted by Gasteiger charge is 2.32. The van der Waals surface area contributed by atoms with E-state index in [0.29, 0.717) is 0 Å². The van der Waals surface area contributed by atoms with Crippen molar-refractivity contribution in [3.63, 3.8) is 0 Å². The molecule has 1 aromatic heterocycles. The molecule has 86 valence electrons. The molecular formula is C16H11NO. The average Bonchev–Trinajstić information content (AvgIpc) is 2.77. The highest BCUT2D eigenvalue weighted by Crippen LogP contribution is 2.40. The summed E-state index contributed by atoms with van der Waals surface area (Å²) in [6, 6.07) is 10.1. The van der Waals surface area contributed by atoms with Crippen molar-refractivity contribution in [2.75, 3.05) is 0 Å². The lowest BCUT2D eigenvalue weighted by molar-refractivity contribution is 0.105. The number of carbonyl (C=O) groups excluding carboxylic acids is 1. The molecule has 2 aliphatic carbocycles. The number of Topliss-reactive ketones (excluding diaryl/α,β-unsaturated/α-hetero) is 1. The Morgan fingerprint density at radius 3 is 2.72 bits per heavy atom. The van der Waals surface area contributed by atoms with Crippen molar-refractivity contribution in [1.29, 1.82) is 0 Å². The molecule has 0 amide bonds. The zero-order valence-electron chi connectivity index (χ0n) is 9.81. The Bertz CT molecular complexity index is 713. The van der Waals surface area contributed by atoms with Gasteiger partial charge in [0, 0.05) is 23.5 Å². The molecule has 0 aliphatic heterocycles. The highest BCUT2D eigenvalue weighted by atomic mass is 16.1. The Labute approximate surface area is 105 Å². The van der Waals surface area contributed by atoms with E-state index in [1.54, 1.807) is 6.20 Å². The average molecular weight is 233 g/mol. The van der Waals surface area contributed by atoms with Gasteiger partial charge in [-0.3, -0.25) is 9.78 Å². The van der Waals surface area contributed by atoms with Gasteiger partial charge in [0.05, 0.1) is 0 Å². The summed E-state index contributed by atoms with van der Waals surface area (Å²) in [5, 5.41) is 0. The van der Waals surface area contributed by atoms with Crippen LogP contribution in [0.2, 0.25) is 0 Å². The Hall–Kier alpha value is -2.22. The Kier molecular flexibility index (Phi) is 1.84. The van der Waals surface area contributed by atoms with Gasteiger partial charge >= 0.3 is 0 Å². The number of fused-ring (bicyclic) bond motifs is 3. The maximum atomic E-state index is 12.6. The minimum absolute atomic E-state index is 0.165. The van der Waals surface area contributed by atoms with Crippen molar-refractivity contribution in [2.24, 2.45) is 0 Å². The van der Waals surface area contributed by atoms with Crippen LogP contribution in [0.4, 0.5) is 0 Å². The predicted octanol–water partition coefficient (Wildman–Crippen LogP) is 2.83. The van der Waals surface area contributed by atoms with Gasteiger partial charge in [0.2, 0.25) is 0 Å². The van der Waals surface area contributed by atoms with E-state index in [0.717, 1.165) is 35.1 Å². The summed E-state index contributed by atoms with van der Waals surface area (Å²) in [5.41, 5.74) is 6.47. The van der Waals surface area contributed by atoms with Crippen LogP contribution in [0.25, 0.3) is 5.57 Å². The number of ketones is 1. The number of aromatic nitrogens is 1. The number of carbonyl (C=O) groups is 1. The molecule has 2 nitrogen and oxygen atoms in total. The van der Waals surface area contributed by atoms with Crippen LogP contribution in [0.15, 0.2) is 48.3 Å². The van der Waals surface area contributed by atoms with E-state index in [4.69, 9.17) is 0 Å². The summed E-state index contributed by atoms with van der Waals surface area (Å²) < 4.78 is 0. The first-order valence-electron chi connectivity index (χ1n) is 6.12. The number of pyridine rings is 1. The van der Waals surface area contributed by atoms with Crippen LogP contribution >= 0.6 is 0 Å². The molecule has 0 spiro atoms. The third kappa shape index (κ3) is 1.17. The van der Waals surface area contributed by atoms with Gasteiger partial charge in [-0.25, -0.2) is 0 Å². The van der Waals surface area contributed by atoms with Gasteiger partial charge in [0.25, 0.3) is 0 Å². The molecule has 0 fully saturated rings. The number of rotatable bonds is 0. The molecule has 0 bridgehead atoms. The fourth-order valence-corrected chi connectivity index (χ4v) is 3.01. The third-order valence-corrected chi connectivity index (χ3v) is 3.82. The second-order valence-corrected chi connectivity index (χ2v) is 4.85. The van der Waals surface area contributed by atoms with Crippen molar-refractivity contribution in [2.45, 2.75) is 12.8 Å². The molecule has 2 aliphatic rings. The fraction of sp³-hybridized carbons (Fsp3) is 0.125. The van der Waals surface area contributed by atoms with Crippen LogP contribution < -0.4 is 0 Å². The van der Waals surface area contributed by atoms with Gasteiger partial charge in [-0.1, -0.05) is 24.3 Å². The van der Waals surface area contributed by atoms with Crippen LogP contribution in [0.5, 0.6) is 0 Å². The first-order valence-corrected chi connectivity index (χ1v) is 6.12. The van der Waals surface area contributed by atoms with Gasteiger partial charge < -0.3 is 0 Å². The minimum atomic E-state index is 0.165. The van der Waals surface area contributed by atoms with E-state index >= 15 is 0 Å². The predicted molar refractivity (Wildman–Crippen MR) is 69.3 cm³/mol. The normalized spacial score (nSPS) is 16.3. The first-order chi connectivity index (χ1) is 8.84. The maximum absolute atomic E-state index is 12.6. The number of benzene rings is 1. The summed E-state index contributed by atoms with van der Waals surface area (Å²) >= 11 is 0. The molecule has 2 heteroatoms. The standard InChI is InChI=1S/C16H11NO/c18-16-14-5-6-17-9-12(14)8-11-7-10-3-1-2-4-13(10)15(11)16/h1-6,9H,7-8H2. The Morgan fingerprint density at radius 1 is 0.944 bits per heavy atom. The van der Waals surface area contributed by atoms with Gasteiger partial charge in [0.15, 0.2) is 5.78 Å². The van der Waals surface area contributed by atoms with Crippen molar-refractivity contribution >= 4 is 11.4 Å². The summed E-state index contributed by atoms with van der Waals surface area (Å²) in [5.74, 6) is 0.165. The number of hydrogen-bond donors (Lipinski definition) is 0. The van der Waals surface area contributed by atoms with Crippen LogP contribution in [0.3, 0.4) is 0 Å².